The van der Waals surface area contributed by atoms with Crippen LogP contribution in [0.2, 0.25) is 0 Å². The Kier molecular flexibility index (Phi) is 4.05. The smallest absolute Gasteiger partial charge is 0.356 e. The summed E-state index contributed by atoms with van der Waals surface area (Å²) >= 11 is 0. The van der Waals surface area contributed by atoms with Gasteiger partial charge in [0.1, 0.15) is 0 Å². The molecule has 7 nitrogen and oxygen atoms in total. The van der Waals surface area contributed by atoms with Gasteiger partial charge in [0.05, 0.1) is 16.3 Å². The first-order valence-electron chi connectivity index (χ1n) is 7.25. The molecule has 0 aliphatic heterocycles. The van der Waals surface area contributed by atoms with Crippen LogP contribution >= 0.6 is 0 Å². The number of anilines is 1. The standard InChI is InChI=1S/C17H15N3O4S/c1-25(23,24)14-8-2-11(3-9-14)16-10-15(17(21)22)19-20(16)13-6-4-12(18)5-7-13/h2-10H,18H2,1H3,(H,21,22). The third-order valence-electron chi connectivity index (χ3n) is 3.64. The highest BCUT2D eigenvalue weighted by Gasteiger charge is 2.16. The van der Waals surface area contributed by atoms with Crippen molar-refractivity contribution in [2.75, 3.05) is 12.0 Å². The summed E-state index contributed by atoms with van der Waals surface area (Å²) in [4.78, 5) is 11.5. The number of nitrogens with two attached hydrogens (primary N) is 1. The molecule has 0 unspecified atom stereocenters. The summed E-state index contributed by atoms with van der Waals surface area (Å²) in [6.07, 6.45) is 1.13. The zero-order valence-electron chi connectivity index (χ0n) is 13.2. The Morgan fingerprint density at radius 3 is 2.20 bits per heavy atom. The minimum absolute atomic E-state index is 0.112. The second kappa shape index (κ2) is 6.06. The first kappa shape index (κ1) is 16.7. The molecule has 1 aromatic heterocycles. The topological polar surface area (TPSA) is 115 Å². The van der Waals surface area contributed by atoms with E-state index in [-0.39, 0.29) is 10.6 Å². The van der Waals surface area contributed by atoms with E-state index in [1.807, 2.05) is 0 Å². The van der Waals surface area contributed by atoms with Crippen molar-refractivity contribution < 1.29 is 18.3 Å². The average molecular weight is 357 g/mol. The molecule has 128 valence electrons. The monoisotopic (exact) mass is 357 g/mol. The van der Waals surface area contributed by atoms with Gasteiger partial charge in [0, 0.05) is 17.5 Å². The van der Waals surface area contributed by atoms with Crippen molar-refractivity contribution in [2.45, 2.75) is 4.90 Å². The Morgan fingerprint density at radius 1 is 1.08 bits per heavy atom. The predicted octanol–water partition coefficient (Wildman–Crippen LogP) is 2.22. The SMILES string of the molecule is CS(=O)(=O)c1ccc(-c2cc(C(=O)O)nn2-c2ccc(N)cc2)cc1. The van der Waals surface area contributed by atoms with Crippen LogP contribution < -0.4 is 5.73 Å². The fourth-order valence-electron chi connectivity index (χ4n) is 2.38. The van der Waals surface area contributed by atoms with Crippen LogP contribution in [0.1, 0.15) is 10.5 Å². The van der Waals surface area contributed by atoms with Gasteiger partial charge in [-0.1, -0.05) is 12.1 Å². The Bertz CT molecular complexity index is 1040. The summed E-state index contributed by atoms with van der Waals surface area (Å²) in [7, 11) is -3.31. The Hall–Kier alpha value is -3.13. The van der Waals surface area contributed by atoms with E-state index in [1.165, 1.54) is 22.9 Å². The summed E-state index contributed by atoms with van der Waals surface area (Å²) in [6.45, 7) is 0. The summed E-state index contributed by atoms with van der Waals surface area (Å²) in [5.41, 5.74) is 7.96. The van der Waals surface area contributed by atoms with Gasteiger partial charge in [0.25, 0.3) is 0 Å². The maximum absolute atomic E-state index is 11.6. The molecule has 3 aromatic rings. The lowest BCUT2D eigenvalue weighted by Gasteiger charge is -2.08. The zero-order chi connectivity index (χ0) is 18.2. The maximum atomic E-state index is 11.6. The molecule has 0 bridgehead atoms. The van der Waals surface area contributed by atoms with Crippen molar-refractivity contribution in [3.8, 4) is 16.9 Å². The molecule has 25 heavy (non-hydrogen) atoms. The molecule has 0 amide bonds. The number of carbonyl (C=O) groups is 1. The van der Waals surface area contributed by atoms with Crippen LogP contribution in [0.4, 0.5) is 5.69 Å². The molecule has 0 aliphatic carbocycles. The highest BCUT2D eigenvalue weighted by molar-refractivity contribution is 7.90. The maximum Gasteiger partial charge on any atom is 0.356 e. The van der Waals surface area contributed by atoms with Crippen molar-refractivity contribution >= 4 is 21.5 Å². The molecular formula is C17H15N3O4S. The second-order valence-corrected chi connectivity index (χ2v) is 7.54. The summed E-state index contributed by atoms with van der Waals surface area (Å²) in [5, 5.41) is 13.4. The van der Waals surface area contributed by atoms with Gasteiger partial charge in [-0.05, 0) is 42.5 Å². The van der Waals surface area contributed by atoms with Crippen LogP contribution in [-0.2, 0) is 9.84 Å². The molecule has 0 radical (unpaired) electrons. The zero-order valence-corrected chi connectivity index (χ0v) is 14.1. The minimum atomic E-state index is -3.31. The van der Waals surface area contributed by atoms with E-state index in [1.54, 1.807) is 36.4 Å². The van der Waals surface area contributed by atoms with E-state index in [4.69, 9.17) is 5.73 Å². The van der Waals surface area contributed by atoms with Crippen LogP contribution in [0.3, 0.4) is 0 Å². The predicted molar refractivity (Wildman–Crippen MR) is 93.5 cm³/mol. The molecule has 0 atom stereocenters. The number of carboxylic acid groups (broad SMARTS) is 1. The number of aromatic nitrogens is 2. The highest BCUT2D eigenvalue weighted by atomic mass is 32.2. The van der Waals surface area contributed by atoms with Crippen molar-refractivity contribution in [1.29, 1.82) is 0 Å². The molecule has 1 heterocycles. The summed E-state index contributed by atoms with van der Waals surface area (Å²) < 4.78 is 24.7. The average Bonchev–Trinajstić information content (AvgIpc) is 3.00. The van der Waals surface area contributed by atoms with Crippen LogP contribution in [-0.4, -0.2) is 35.5 Å². The number of hydrogen-bond acceptors (Lipinski definition) is 5. The molecule has 2 aromatic carbocycles. The molecule has 0 fully saturated rings. The summed E-state index contributed by atoms with van der Waals surface area (Å²) in [6, 6.07) is 14.5. The van der Waals surface area contributed by atoms with E-state index < -0.39 is 15.8 Å². The number of aromatic carboxylic acids is 1. The van der Waals surface area contributed by atoms with Gasteiger partial charge in [-0.15, -0.1) is 0 Å². The molecular weight excluding hydrogens is 342 g/mol. The third kappa shape index (κ3) is 3.38. The van der Waals surface area contributed by atoms with Crippen LogP contribution in [0.15, 0.2) is 59.5 Å². The quantitative estimate of drug-likeness (QED) is 0.692. The van der Waals surface area contributed by atoms with Crippen molar-refractivity contribution in [2.24, 2.45) is 0 Å². The van der Waals surface area contributed by atoms with Gasteiger partial charge in [-0.3, -0.25) is 0 Å². The Balaban J connectivity index is 2.14. The Labute approximate surface area is 144 Å². The second-order valence-electron chi connectivity index (χ2n) is 5.52. The van der Waals surface area contributed by atoms with Crippen molar-refractivity contribution in [3.63, 3.8) is 0 Å². The van der Waals surface area contributed by atoms with Gasteiger partial charge >= 0.3 is 5.97 Å². The molecule has 0 saturated heterocycles. The van der Waals surface area contributed by atoms with Gasteiger partial charge in [-0.2, -0.15) is 5.10 Å². The van der Waals surface area contributed by atoms with Gasteiger partial charge < -0.3 is 10.8 Å². The van der Waals surface area contributed by atoms with Crippen molar-refractivity contribution in [3.05, 3.63) is 60.3 Å². The van der Waals surface area contributed by atoms with Gasteiger partial charge in [-0.25, -0.2) is 17.9 Å². The first-order valence-corrected chi connectivity index (χ1v) is 9.14. The van der Waals surface area contributed by atoms with Gasteiger partial charge in [0.2, 0.25) is 0 Å². The lowest BCUT2D eigenvalue weighted by atomic mass is 10.1. The number of nitrogen functional groups attached to an aromatic ring is 1. The third-order valence-corrected chi connectivity index (χ3v) is 4.77. The van der Waals surface area contributed by atoms with E-state index >= 15 is 0 Å². The molecule has 8 heteroatoms. The number of rotatable bonds is 4. The molecule has 0 aliphatic rings. The fraction of sp³-hybridized carbons (Fsp3) is 0.0588. The van der Waals surface area contributed by atoms with Crippen molar-refractivity contribution in [1.82, 2.24) is 9.78 Å². The molecule has 0 saturated carbocycles. The first-order chi connectivity index (χ1) is 11.8. The number of carboxylic acids is 1. The van der Waals surface area contributed by atoms with Crippen LogP contribution in [0.25, 0.3) is 16.9 Å². The highest BCUT2D eigenvalue weighted by Crippen LogP contribution is 2.26. The number of hydrogen-bond donors (Lipinski definition) is 2. The Morgan fingerprint density at radius 2 is 1.68 bits per heavy atom. The lowest BCUT2D eigenvalue weighted by Crippen LogP contribution is -2.02. The van der Waals surface area contributed by atoms with Crippen LogP contribution in [0.5, 0.6) is 0 Å². The molecule has 3 N–H and O–H groups in total. The van der Waals surface area contributed by atoms with E-state index in [9.17, 15) is 18.3 Å². The molecule has 0 spiro atoms. The molecule has 3 rings (SSSR count). The summed E-state index contributed by atoms with van der Waals surface area (Å²) in [5.74, 6) is -1.15. The van der Waals surface area contributed by atoms with E-state index in [2.05, 4.69) is 5.10 Å². The van der Waals surface area contributed by atoms with Crippen LogP contribution in [0, 0.1) is 0 Å². The van der Waals surface area contributed by atoms with E-state index in [0.717, 1.165) is 6.26 Å². The normalized spacial score (nSPS) is 11.4. The minimum Gasteiger partial charge on any atom is -0.476 e. The number of benzene rings is 2. The van der Waals surface area contributed by atoms with Gasteiger partial charge in [0.15, 0.2) is 15.5 Å². The number of sulfone groups is 1. The lowest BCUT2D eigenvalue weighted by molar-refractivity contribution is 0.0690. The largest absolute Gasteiger partial charge is 0.476 e. The van der Waals surface area contributed by atoms with E-state index in [0.29, 0.717) is 22.6 Å². The number of nitrogens with zero attached hydrogens (tertiary/aromatic N) is 2. The fourth-order valence-corrected chi connectivity index (χ4v) is 3.01.